The van der Waals surface area contributed by atoms with Gasteiger partial charge in [-0.05, 0) is 48.4 Å². The third-order valence-corrected chi connectivity index (χ3v) is 3.23. The van der Waals surface area contributed by atoms with Crippen molar-refractivity contribution in [2.75, 3.05) is 11.9 Å². The van der Waals surface area contributed by atoms with Crippen LogP contribution in [0.2, 0.25) is 0 Å². The highest BCUT2D eigenvalue weighted by Crippen LogP contribution is 2.10. The molecule has 120 valence electrons. The molecule has 0 bridgehead atoms. The van der Waals surface area contributed by atoms with Crippen molar-refractivity contribution >= 4 is 23.6 Å². The number of nitrogens with one attached hydrogen (secondary N) is 1. The van der Waals surface area contributed by atoms with Gasteiger partial charge in [0.2, 0.25) is 0 Å². The van der Waals surface area contributed by atoms with Crippen LogP contribution in [0.4, 0.5) is 5.69 Å². The number of nitrogens with zero attached hydrogens (tertiary/aromatic N) is 1. The van der Waals surface area contributed by atoms with Crippen LogP contribution < -0.4 is 5.32 Å². The van der Waals surface area contributed by atoms with E-state index in [1.807, 2.05) is 37.3 Å². The second-order valence-corrected chi connectivity index (χ2v) is 5.03. The molecule has 0 fully saturated rings. The Labute approximate surface area is 140 Å². The SMILES string of the molecule is Cc1ccccc1/C=C/C(=O)OCC(=O)Nc1ccc(C#N)cc1. The van der Waals surface area contributed by atoms with Crippen LogP contribution in [0.1, 0.15) is 16.7 Å². The standard InChI is InChI=1S/C19H16N2O3/c1-14-4-2-3-5-16(14)8-11-19(23)24-13-18(22)21-17-9-6-15(12-20)7-10-17/h2-11H,13H2,1H3,(H,21,22)/b11-8+. The van der Waals surface area contributed by atoms with E-state index in [2.05, 4.69) is 5.32 Å². The van der Waals surface area contributed by atoms with Crippen LogP contribution in [0, 0.1) is 18.3 Å². The lowest BCUT2D eigenvalue weighted by Gasteiger charge is -2.05. The van der Waals surface area contributed by atoms with Gasteiger partial charge in [-0.3, -0.25) is 4.79 Å². The minimum absolute atomic E-state index is 0.378. The van der Waals surface area contributed by atoms with E-state index in [4.69, 9.17) is 10.00 Å². The van der Waals surface area contributed by atoms with E-state index in [0.717, 1.165) is 11.1 Å². The van der Waals surface area contributed by atoms with Crippen LogP contribution in [-0.2, 0) is 14.3 Å². The van der Waals surface area contributed by atoms with E-state index >= 15 is 0 Å². The van der Waals surface area contributed by atoms with Crippen LogP contribution in [0.3, 0.4) is 0 Å². The molecule has 5 heteroatoms. The lowest BCUT2D eigenvalue weighted by molar-refractivity contribution is -0.142. The Kier molecular flexibility index (Phi) is 5.87. The number of carbonyl (C=O) groups is 2. The smallest absolute Gasteiger partial charge is 0.331 e. The summed E-state index contributed by atoms with van der Waals surface area (Å²) >= 11 is 0. The van der Waals surface area contributed by atoms with Gasteiger partial charge in [0.05, 0.1) is 11.6 Å². The van der Waals surface area contributed by atoms with Gasteiger partial charge in [0.25, 0.3) is 5.91 Å². The highest BCUT2D eigenvalue weighted by molar-refractivity contribution is 5.94. The number of esters is 1. The van der Waals surface area contributed by atoms with E-state index in [1.54, 1.807) is 30.3 Å². The highest BCUT2D eigenvalue weighted by Gasteiger charge is 2.06. The topological polar surface area (TPSA) is 79.2 Å². The summed E-state index contributed by atoms with van der Waals surface area (Å²) < 4.78 is 4.89. The molecule has 0 aliphatic rings. The minimum Gasteiger partial charge on any atom is -0.452 e. The predicted molar refractivity (Wildman–Crippen MR) is 91.0 cm³/mol. The zero-order chi connectivity index (χ0) is 17.4. The predicted octanol–water partition coefficient (Wildman–Crippen LogP) is 3.06. The molecule has 2 aromatic rings. The molecule has 2 rings (SSSR count). The molecule has 0 saturated heterocycles. The summed E-state index contributed by atoms with van der Waals surface area (Å²) in [5, 5.41) is 11.3. The molecule has 1 amide bonds. The van der Waals surface area contributed by atoms with E-state index in [9.17, 15) is 9.59 Å². The first kappa shape index (κ1) is 17.0. The number of carbonyl (C=O) groups excluding carboxylic acids is 2. The van der Waals surface area contributed by atoms with E-state index in [-0.39, 0.29) is 6.61 Å². The van der Waals surface area contributed by atoms with Crippen LogP contribution in [0.25, 0.3) is 6.08 Å². The summed E-state index contributed by atoms with van der Waals surface area (Å²) in [6, 6.07) is 16.0. The Bertz CT molecular complexity index is 802. The first-order valence-electron chi connectivity index (χ1n) is 7.29. The average Bonchev–Trinajstić information content (AvgIpc) is 2.60. The Morgan fingerprint density at radius 3 is 2.54 bits per heavy atom. The molecule has 0 unspecified atom stereocenters. The molecular weight excluding hydrogens is 304 g/mol. The number of hydrogen-bond acceptors (Lipinski definition) is 4. The van der Waals surface area contributed by atoms with Gasteiger partial charge in [0, 0.05) is 11.8 Å². The fourth-order valence-electron chi connectivity index (χ4n) is 1.94. The molecule has 0 heterocycles. The molecule has 0 radical (unpaired) electrons. The summed E-state index contributed by atoms with van der Waals surface area (Å²) in [4.78, 5) is 23.4. The molecule has 0 spiro atoms. The normalized spacial score (nSPS) is 10.2. The zero-order valence-electron chi connectivity index (χ0n) is 13.2. The Balaban J connectivity index is 1.81. The summed E-state index contributed by atoms with van der Waals surface area (Å²) in [6.07, 6.45) is 2.94. The van der Waals surface area contributed by atoms with Gasteiger partial charge in [-0.1, -0.05) is 24.3 Å². The lowest BCUT2D eigenvalue weighted by Crippen LogP contribution is -2.20. The molecule has 2 aromatic carbocycles. The molecule has 0 aromatic heterocycles. The number of nitriles is 1. The number of benzene rings is 2. The van der Waals surface area contributed by atoms with Gasteiger partial charge in [-0.15, -0.1) is 0 Å². The maximum absolute atomic E-state index is 11.7. The van der Waals surface area contributed by atoms with Gasteiger partial charge in [0.15, 0.2) is 6.61 Å². The number of aryl methyl sites for hydroxylation is 1. The van der Waals surface area contributed by atoms with Gasteiger partial charge < -0.3 is 10.1 Å². The number of amides is 1. The molecule has 0 aliphatic carbocycles. The van der Waals surface area contributed by atoms with Crippen molar-refractivity contribution in [1.82, 2.24) is 0 Å². The van der Waals surface area contributed by atoms with Crippen LogP contribution in [0.5, 0.6) is 0 Å². The van der Waals surface area contributed by atoms with Crippen LogP contribution in [0.15, 0.2) is 54.6 Å². The summed E-state index contributed by atoms with van der Waals surface area (Å²) in [7, 11) is 0. The summed E-state index contributed by atoms with van der Waals surface area (Å²) in [6.45, 7) is 1.56. The number of hydrogen-bond donors (Lipinski definition) is 1. The van der Waals surface area contributed by atoms with Crippen molar-refractivity contribution in [3.05, 3.63) is 71.3 Å². The fourth-order valence-corrected chi connectivity index (χ4v) is 1.94. The lowest BCUT2D eigenvalue weighted by atomic mass is 10.1. The Morgan fingerprint density at radius 1 is 1.17 bits per heavy atom. The van der Waals surface area contributed by atoms with Gasteiger partial charge in [-0.25, -0.2) is 4.79 Å². The van der Waals surface area contributed by atoms with E-state index < -0.39 is 11.9 Å². The highest BCUT2D eigenvalue weighted by atomic mass is 16.5. The third-order valence-electron chi connectivity index (χ3n) is 3.23. The van der Waals surface area contributed by atoms with Gasteiger partial charge in [0.1, 0.15) is 0 Å². The van der Waals surface area contributed by atoms with Crippen molar-refractivity contribution in [2.24, 2.45) is 0 Å². The van der Waals surface area contributed by atoms with Gasteiger partial charge >= 0.3 is 5.97 Å². The first-order valence-corrected chi connectivity index (χ1v) is 7.29. The largest absolute Gasteiger partial charge is 0.452 e. The molecule has 24 heavy (non-hydrogen) atoms. The molecule has 0 saturated carbocycles. The van der Waals surface area contributed by atoms with Crippen molar-refractivity contribution in [3.63, 3.8) is 0 Å². The van der Waals surface area contributed by atoms with Crippen molar-refractivity contribution < 1.29 is 14.3 Å². The fraction of sp³-hybridized carbons (Fsp3) is 0.105. The number of ether oxygens (including phenoxy) is 1. The Morgan fingerprint density at radius 2 is 1.88 bits per heavy atom. The summed E-state index contributed by atoms with van der Waals surface area (Å²) in [5.74, 6) is -1.04. The molecule has 1 N–H and O–H groups in total. The number of rotatable bonds is 5. The first-order chi connectivity index (χ1) is 11.6. The van der Waals surface area contributed by atoms with Gasteiger partial charge in [-0.2, -0.15) is 5.26 Å². The van der Waals surface area contributed by atoms with Crippen molar-refractivity contribution in [2.45, 2.75) is 6.92 Å². The monoisotopic (exact) mass is 320 g/mol. The number of anilines is 1. The van der Waals surface area contributed by atoms with E-state index in [1.165, 1.54) is 6.08 Å². The Hall–Kier alpha value is -3.39. The average molecular weight is 320 g/mol. The second kappa shape index (κ2) is 8.30. The molecule has 0 atom stereocenters. The molecule has 0 aliphatic heterocycles. The van der Waals surface area contributed by atoms with Crippen molar-refractivity contribution in [1.29, 1.82) is 5.26 Å². The van der Waals surface area contributed by atoms with Crippen molar-refractivity contribution in [3.8, 4) is 6.07 Å². The maximum Gasteiger partial charge on any atom is 0.331 e. The minimum atomic E-state index is -0.590. The quantitative estimate of drug-likeness (QED) is 0.678. The van der Waals surface area contributed by atoms with Crippen LogP contribution >= 0.6 is 0 Å². The third kappa shape index (κ3) is 5.11. The van der Waals surface area contributed by atoms with E-state index in [0.29, 0.717) is 11.3 Å². The summed E-state index contributed by atoms with van der Waals surface area (Å²) in [5.41, 5.74) is 2.99. The maximum atomic E-state index is 11.7. The molecular formula is C19H16N2O3. The second-order valence-electron chi connectivity index (χ2n) is 5.03. The van der Waals surface area contributed by atoms with Crippen LogP contribution in [-0.4, -0.2) is 18.5 Å². The molecule has 5 nitrogen and oxygen atoms in total. The zero-order valence-corrected chi connectivity index (χ0v) is 13.2.